The molecule has 1 aliphatic rings. The smallest absolute Gasteiger partial charge is 0.151 e. The lowest BCUT2D eigenvalue weighted by molar-refractivity contribution is 0.0147. The summed E-state index contributed by atoms with van der Waals surface area (Å²) in [6.07, 6.45) is 4.45. The first-order chi connectivity index (χ1) is 6.43. The summed E-state index contributed by atoms with van der Waals surface area (Å²) in [5.41, 5.74) is -0.670. The Morgan fingerprint density at radius 2 is 1.93 bits per heavy atom. The highest BCUT2D eigenvalue weighted by Gasteiger charge is 2.38. The number of rotatable bonds is 2. The minimum atomic E-state index is -1.03. The molecular formula is C12H21NO. The Labute approximate surface area is 86.9 Å². The van der Waals surface area contributed by atoms with Crippen LogP contribution in [0.3, 0.4) is 0 Å². The van der Waals surface area contributed by atoms with Crippen molar-refractivity contribution in [1.82, 2.24) is 0 Å². The maximum Gasteiger partial charge on any atom is 0.151 e. The maximum atomic E-state index is 9.78. The monoisotopic (exact) mass is 195 g/mol. The molecule has 0 radical (unpaired) electrons. The van der Waals surface area contributed by atoms with Gasteiger partial charge in [-0.2, -0.15) is 5.26 Å². The van der Waals surface area contributed by atoms with E-state index in [1.807, 2.05) is 6.07 Å². The molecule has 0 heterocycles. The van der Waals surface area contributed by atoms with Gasteiger partial charge in [-0.15, -0.1) is 0 Å². The fraction of sp³-hybridized carbons (Fsp3) is 0.917. The van der Waals surface area contributed by atoms with E-state index in [2.05, 4.69) is 20.8 Å². The van der Waals surface area contributed by atoms with Gasteiger partial charge in [-0.3, -0.25) is 0 Å². The first-order valence-corrected chi connectivity index (χ1v) is 5.57. The summed E-state index contributed by atoms with van der Waals surface area (Å²) in [5, 5.41) is 18.6. The largest absolute Gasteiger partial charge is 0.375 e. The standard InChI is InChI=1S/C12H21NO/c1-4-11(2,3)10-5-7-12(14,9-13)8-6-10/h10,14H,4-8H2,1-3H3. The number of nitrogens with zero attached hydrogens (tertiary/aromatic N) is 1. The average molecular weight is 195 g/mol. The van der Waals surface area contributed by atoms with E-state index < -0.39 is 5.60 Å². The summed E-state index contributed by atoms with van der Waals surface area (Å²) in [6.45, 7) is 6.79. The summed E-state index contributed by atoms with van der Waals surface area (Å²) in [6, 6.07) is 2.03. The molecule has 1 saturated carbocycles. The van der Waals surface area contributed by atoms with Crippen LogP contribution in [-0.4, -0.2) is 10.7 Å². The van der Waals surface area contributed by atoms with Crippen LogP contribution in [0.2, 0.25) is 0 Å². The molecule has 0 atom stereocenters. The van der Waals surface area contributed by atoms with Crippen molar-refractivity contribution in [3.63, 3.8) is 0 Å². The zero-order valence-corrected chi connectivity index (χ0v) is 9.51. The summed E-state index contributed by atoms with van der Waals surface area (Å²) in [7, 11) is 0. The maximum absolute atomic E-state index is 9.78. The van der Waals surface area contributed by atoms with E-state index in [0.29, 0.717) is 24.2 Å². The molecule has 0 amide bonds. The van der Waals surface area contributed by atoms with Crippen LogP contribution in [0, 0.1) is 22.7 Å². The van der Waals surface area contributed by atoms with Gasteiger partial charge in [-0.1, -0.05) is 27.2 Å². The highest BCUT2D eigenvalue weighted by Crippen LogP contribution is 2.43. The summed E-state index contributed by atoms with van der Waals surface area (Å²) >= 11 is 0. The van der Waals surface area contributed by atoms with Crippen LogP contribution < -0.4 is 0 Å². The Hall–Kier alpha value is -0.550. The lowest BCUT2D eigenvalue weighted by atomic mass is 9.67. The van der Waals surface area contributed by atoms with Crippen LogP contribution in [0.5, 0.6) is 0 Å². The molecule has 1 fully saturated rings. The molecule has 1 N–H and O–H groups in total. The molecule has 2 nitrogen and oxygen atoms in total. The minimum Gasteiger partial charge on any atom is -0.375 e. The van der Waals surface area contributed by atoms with Gasteiger partial charge in [0.05, 0.1) is 6.07 Å². The Bertz CT molecular complexity index is 231. The molecule has 0 aromatic heterocycles. The van der Waals surface area contributed by atoms with Crippen molar-refractivity contribution >= 4 is 0 Å². The summed E-state index contributed by atoms with van der Waals surface area (Å²) in [5.74, 6) is 0.668. The SMILES string of the molecule is CCC(C)(C)C1CCC(O)(C#N)CC1. The molecule has 14 heavy (non-hydrogen) atoms. The van der Waals surface area contributed by atoms with Crippen LogP contribution in [0.1, 0.15) is 52.9 Å². The number of aliphatic hydroxyl groups is 1. The molecular weight excluding hydrogens is 174 g/mol. The second kappa shape index (κ2) is 3.90. The topological polar surface area (TPSA) is 44.0 Å². The zero-order chi connectivity index (χ0) is 10.8. The molecule has 80 valence electrons. The summed E-state index contributed by atoms with van der Waals surface area (Å²) in [4.78, 5) is 0. The van der Waals surface area contributed by atoms with Crippen molar-refractivity contribution in [3.05, 3.63) is 0 Å². The van der Waals surface area contributed by atoms with Gasteiger partial charge in [0.25, 0.3) is 0 Å². The van der Waals surface area contributed by atoms with E-state index in [4.69, 9.17) is 5.26 Å². The highest BCUT2D eigenvalue weighted by atomic mass is 16.3. The van der Waals surface area contributed by atoms with Gasteiger partial charge in [-0.05, 0) is 37.0 Å². The third-order valence-corrected chi connectivity index (χ3v) is 4.04. The lowest BCUT2D eigenvalue weighted by Gasteiger charge is -2.40. The Kier molecular flexibility index (Phi) is 3.21. The Morgan fingerprint density at radius 3 is 2.29 bits per heavy atom. The van der Waals surface area contributed by atoms with E-state index in [0.717, 1.165) is 12.8 Å². The van der Waals surface area contributed by atoms with Gasteiger partial charge in [-0.25, -0.2) is 0 Å². The van der Waals surface area contributed by atoms with Crippen LogP contribution >= 0.6 is 0 Å². The second-order valence-corrected chi connectivity index (χ2v) is 5.26. The first-order valence-electron chi connectivity index (χ1n) is 5.57. The van der Waals surface area contributed by atoms with Gasteiger partial charge in [0.1, 0.15) is 0 Å². The van der Waals surface area contributed by atoms with Crippen LogP contribution in [0.15, 0.2) is 0 Å². The molecule has 0 bridgehead atoms. The zero-order valence-electron chi connectivity index (χ0n) is 9.51. The van der Waals surface area contributed by atoms with Crippen molar-refractivity contribution < 1.29 is 5.11 Å². The van der Waals surface area contributed by atoms with Crippen molar-refractivity contribution in [3.8, 4) is 6.07 Å². The van der Waals surface area contributed by atoms with Crippen molar-refractivity contribution in [2.24, 2.45) is 11.3 Å². The van der Waals surface area contributed by atoms with E-state index >= 15 is 0 Å². The molecule has 1 aliphatic carbocycles. The molecule has 0 aromatic carbocycles. The molecule has 0 saturated heterocycles. The van der Waals surface area contributed by atoms with Gasteiger partial charge < -0.3 is 5.11 Å². The van der Waals surface area contributed by atoms with E-state index in [1.54, 1.807) is 0 Å². The van der Waals surface area contributed by atoms with Crippen LogP contribution in [0.4, 0.5) is 0 Å². The third-order valence-electron chi connectivity index (χ3n) is 4.04. The fourth-order valence-electron chi connectivity index (χ4n) is 2.28. The predicted octanol–water partition coefficient (Wildman–Crippen LogP) is 2.87. The van der Waals surface area contributed by atoms with Gasteiger partial charge in [0, 0.05) is 0 Å². The molecule has 0 spiro atoms. The Balaban J connectivity index is 2.56. The molecule has 0 aromatic rings. The van der Waals surface area contributed by atoms with E-state index in [-0.39, 0.29) is 0 Å². The number of hydrogen-bond donors (Lipinski definition) is 1. The molecule has 2 heteroatoms. The van der Waals surface area contributed by atoms with E-state index in [1.165, 1.54) is 6.42 Å². The first kappa shape index (κ1) is 11.5. The van der Waals surface area contributed by atoms with Gasteiger partial charge in [0.2, 0.25) is 0 Å². The fourth-order valence-corrected chi connectivity index (χ4v) is 2.28. The normalized spacial score (nSPS) is 33.8. The van der Waals surface area contributed by atoms with Crippen LogP contribution in [0.25, 0.3) is 0 Å². The van der Waals surface area contributed by atoms with Gasteiger partial charge in [0.15, 0.2) is 5.60 Å². The van der Waals surface area contributed by atoms with Gasteiger partial charge >= 0.3 is 0 Å². The lowest BCUT2D eigenvalue weighted by Crippen LogP contribution is -2.36. The minimum absolute atomic E-state index is 0.358. The van der Waals surface area contributed by atoms with Crippen molar-refractivity contribution in [2.45, 2.75) is 58.5 Å². The number of hydrogen-bond acceptors (Lipinski definition) is 2. The third kappa shape index (κ3) is 2.27. The van der Waals surface area contributed by atoms with Crippen molar-refractivity contribution in [1.29, 1.82) is 5.26 Å². The molecule has 0 aliphatic heterocycles. The highest BCUT2D eigenvalue weighted by molar-refractivity contribution is 5.03. The summed E-state index contributed by atoms with van der Waals surface area (Å²) < 4.78 is 0. The van der Waals surface area contributed by atoms with Crippen molar-refractivity contribution in [2.75, 3.05) is 0 Å². The average Bonchev–Trinajstić information content (AvgIpc) is 2.19. The van der Waals surface area contributed by atoms with E-state index in [9.17, 15) is 5.11 Å². The van der Waals surface area contributed by atoms with Crippen LogP contribution in [-0.2, 0) is 0 Å². The predicted molar refractivity (Wildman–Crippen MR) is 56.6 cm³/mol. The second-order valence-electron chi connectivity index (χ2n) is 5.26. The quantitative estimate of drug-likeness (QED) is 0.688. The molecule has 1 rings (SSSR count). The molecule has 0 unspecified atom stereocenters. The Morgan fingerprint density at radius 1 is 1.43 bits per heavy atom. The number of nitriles is 1.